The number of carbonyl (C=O) groups is 3. The van der Waals surface area contributed by atoms with E-state index in [4.69, 9.17) is 5.73 Å². The highest BCUT2D eigenvalue weighted by Crippen LogP contribution is 2.21. The average molecular weight is 441 g/mol. The van der Waals surface area contributed by atoms with E-state index in [0.717, 1.165) is 5.56 Å². The Balaban J connectivity index is 1.54. The van der Waals surface area contributed by atoms with E-state index in [9.17, 15) is 18.8 Å². The Hall–Kier alpha value is -3.26. The summed E-state index contributed by atoms with van der Waals surface area (Å²) in [5, 5.41) is 3.05. The molecule has 0 radical (unpaired) electrons. The zero-order valence-electron chi connectivity index (χ0n) is 18.4. The number of carbonyl (C=O) groups excluding carboxylic acids is 3. The molecular formula is C24H29FN4O3. The Morgan fingerprint density at radius 1 is 1.16 bits per heavy atom. The summed E-state index contributed by atoms with van der Waals surface area (Å²) in [6, 6.07) is 12.2. The van der Waals surface area contributed by atoms with Gasteiger partial charge in [0.1, 0.15) is 11.9 Å². The number of halogens is 1. The summed E-state index contributed by atoms with van der Waals surface area (Å²) in [4.78, 5) is 40.6. The maximum Gasteiger partial charge on any atom is 0.251 e. The second-order valence-electron chi connectivity index (χ2n) is 8.22. The van der Waals surface area contributed by atoms with Crippen molar-refractivity contribution in [3.8, 4) is 0 Å². The van der Waals surface area contributed by atoms with E-state index in [0.29, 0.717) is 37.1 Å². The maximum atomic E-state index is 13.6. The van der Waals surface area contributed by atoms with E-state index >= 15 is 0 Å². The molecule has 2 aromatic rings. The second kappa shape index (κ2) is 10.4. The first kappa shape index (κ1) is 23.4. The predicted octanol–water partition coefficient (Wildman–Crippen LogP) is 2.01. The van der Waals surface area contributed by atoms with E-state index in [1.807, 2.05) is 25.1 Å². The molecule has 1 atom stereocenters. The minimum absolute atomic E-state index is 0.00505. The first-order chi connectivity index (χ1) is 15.3. The summed E-state index contributed by atoms with van der Waals surface area (Å²) in [6.45, 7) is 2.89. The van der Waals surface area contributed by atoms with Crippen molar-refractivity contribution in [1.82, 2.24) is 15.1 Å². The van der Waals surface area contributed by atoms with Gasteiger partial charge in [-0.1, -0.05) is 30.3 Å². The van der Waals surface area contributed by atoms with Gasteiger partial charge in [-0.25, -0.2) is 4.39 Å². The molecule has 3 rings (SSSR count). The van der Waals surface area contributed by atoms with Crippen molar-refractivity contribution in [2.24, 2.45) is 5.73 Å². The Labute approximate surface area is 187 Å². The summed E-state index contributed by atoms with van der Waals surface area (Å²) in [5.41, 5.74) is 7.51. The van der Waals surface area contributed by atoms with Crippen LogP contribution >= 0.6 is 0 Å². The van der Waals surface area contributed by atoms with Crippen molar-refractivity contribution in [3.63, 3.8) is 0 Å². The van der Waals surface area contributed by atoms with E-state index in [2.05, 4.69) is 5.32 Å². The topological polar surface area (TPSA) is 95.7 Å². The van der Waals surface area contributed by atoms with Gasteiger partial charge in [0.05, 0.1) is 6.54 Å². The van der Waals surface area contributed by atoms with Gasteiger partial charge in [0, 0.05) is 24.7 Å². The van der Waals surface area contributed by atoms with Crippen LogP contribution in [-0.2, 0) is 9.59 Å². The number of nitrogens with zero attached hydrogens (tertiary/aromatic N) is 2. The van der Waals surface area contributed by atoms with E-state index < -0.39 is 17.8 Å². The quantitative estimate of drug-likeness (QED) is 0.689. The molecule has 0 aliphatic carbocycles. The fourth-order valence-corrected chi connectivity index (χ4v) is 4.08. The number of hydrogen-bond acceptors (Lipinski definition) is 4. The third kappa shape index (κ3) is 5.70. The minimum Gasteiger partial charge on any atom is -0.368 e. The fraction of sp³-hybridized carbons (Fsp3) is 0.375. The smallest absolute Gasteiger partial charge is 0.251 e. The molecule has 0 aromatic heterocycles. The lowest BCUT2D eigenvalue weighted by atomic mass is 10.0. The van der Waals surface area contributed by atoms with E-state index in [1.54, 1.807) is 24.1 Å². The van der Waals surface area contributed by atoms with Crippen LogP contribution in [0.25, 0.3) is 0 Å². The number of likely N-dealkylation sites (tertiary alicyclic amines) is 1. The molecule has 3 N–H and O–H groups in total. The lowest BCUT2D eigenvalue weighted by Crippen LogP contribution is -2.49. The van der Waals surface area contributed by atoms with Crippen molar-refractivity contribution in [2.75, 3.05) is 26.7 Å². The van der Waals surface area contributed by atoms with Gasteiger partial charge in [-0.15, -0.1) is 0 Å². The molecule has 1 saturated heterocycles. The molecule has 1 fully saturated rings. The van der Waals surface area contributed by atoms with Crippen LogP contribution < -0.4 is 11.1 Å². The normalized spacial score (nSPS) is 15.4. The minimum atomic E-state index is -0.902. The monoisotopic (exact) mass is 440 g/mol. The molecule has 2 aromatic carbocycles. The molecule has 0 bridgehead atoms. The van der Waals surface area contributed by atoms with Crippen LogP contribution in [0.1, 0.15) is 40.4 Å². The lowest BCUT2D eigenvalue weighted by molar-refractivity contribution is -0.134. The zero-order valence-corrected chi connectivity index (χ0v) is 18.4. The van der Waals surface area contributed by atoms with Gasteiger partial charge >= 0.3 is 0 Å². The van der Waals surface area contributed by atoms with Crippen LogP contribution in [-0.4, -0.2) is 60.2 Å². The fourth-order valence-electron chi connectivity index (χ4n) is 4.08. The van der Waals surface area contributed by atoms with Crippen LogP contribution in [0, 0.1) is 12.7 Å². The predicted molar refractivity (Wildman–Crippen MR) is 119 cm³/mol. The number of likely N-dealkylation sites (N-methyl/N-ethyl adjacent to an activating group) is 1. The number of benzene rings is 2. The number of piperidine rings is 1. The Morgan fingerprint density at radius 2 is 1.84 bits per heavy atom. The van der Waals surface area contributed by atoms with Gasteiger partial charge in [-0.05, 0) is 56.1 Å². The van der Waals surface area contributed by atoms with Crippen LogP contribution in [0.15, 0.2) is 48.5 Å². The standard InChI is InChI=1S/C24H29FN4O3/c1-16-6-3-4-9-20(16)24(32)27-19-10-12-29(13-11-19)21(30)15-28(2)22(23(26)31)17-7-5-8-18(25)14-17/h3-9,14,19,22H,10-13,15H2,1-2H3,(H2,26,31)(H,27,32). The van der Waals surface area contributed by atoms with Crippen LogP contribution in [0.4, 0.5) is 4.39 Å². The van der Waals surface area contributed by atoms with Crippen molar-refractivity contribution in [1.29, 1.82) is 0 Å². The van der Waals surface area contributed by atoms with Crippen molar-refractivity contribution in [2.45, 2.75) is 31.8 Å². The highest BCUT2D eigenvalue weighted by molar-refractivity contribution is 5.95. The van der Waals surface area contributed by atoms with Gasteiger partial charge in [0.15, 0.2) is 0 Å². The number of nitrogens with two attached hydrogens (primary N) is 1. The number of amides is 3. The highest BCUT2D eigenvalue weighted by Gasteiger charge is 2.29. The van der Waals surface area contributed by atoms with Crippen molar-refractivity contribution >= 4 is 17.7 Å². The number of primary amides is 1. The third-order valence-electron chi connectivity index (χ3n) is 5.83. The maximum absolute atomic E-state index is 13.6. The van der Waals surface area contributed by atoms with Gasteiger partial charge in [0.25, 0.3) is 5.91 Å². The van der Waals surface area contributed by atoms with Gasteiger partial charge in [0.2, 0.25) is 11.8 Å². The summed E-state index contributed by atoms with van der Waals surface area (Å²) in [7, 11) is 1.62. The molecule has 0 spiro atoms. The van der Waals surface area contributed by atoms with Crippen molar-refractivity contribution < 1.29 is 18.8 Å². The Kier molecular flexibility index (Phi) is 7.58. The third-order valence-corrected chi connectivity index (χ3v) is 5.83. The van der Waals surface area contributed by atoms with Crippen molar-refractivity contribution in [3.05, 3.63) is 71.0 Å². The van der Waals surface area contributed by atoms with Crippen LogP contribution in [0.3, 0.4) is 0 Å². The Morgan fingerprint density at radius 3 is 2.47 bits per heavy atom. The molecule has 3 amide bonds. The Bertz CT molecular complexity index is 989. The van der Waals surface area contributed by atoms with Gasteiger partial charge < -0.3 is 16.0 Å². The SMILES string of the molecule is Cc1ccccc1C(=O)NC1CCN(C(=O)CN(C)C(C(N)=O)c2cccc(F)c2)CC1. The largest absolute Gasteiger partial charge is 0.368 e. The average Bonchev–Trinajstić information content (AvgIpc) is 2.74. The van der Waals surface area contributed by atoms with Gasteiger partial charge in [-0.3, -0.25) is 19.3 Å². The summed E-state index contributed by atoms with van der Waals surface area (Å²) in [5.74, 6) is -1.36. The highest BCUT2D eigenvalue weighted by atomic mass is 19.1. The van der Waals surface area contributed by atoms with E-state index in [1.165, 1.54) is 23.1 Å². The molecule has 1 aliphatic heterocycles. The number of hydrogen-bond donors (Lipinski definition) is 2. The zero-order chi connectivity index (χ0) is 23.3. The number of nitrogens with one attached hydrogen (secondary N) is 1. The number of aryl methyl sites for hydroxylation is 1. The molecule has 7 nitrogen and oxygen atoms in total. The van der Waals surface area contributed by atoms with Gasteiger partial charge in [-0.2, -0.15) is 0 Å². The first-order valence-corrected chi connectivity index (χ1v) is 10.7. The molecule has 1 heterocycles. The molecule has 1 unspecified atom stereocenters. The molecule has 170 valence electrons. The summed E-state index contributed by atoms with van der Waals surface area (Å²) >= 11 is 0. The molecule has 1 aliphatic rings. The van der Waals surface area contributed by atoms with Crippen LogP contribution in [0.5, 0.6) is 0 Å². The number of rotatable bonds is 7. The van der Waals surface area contributed by atoms with E-state index in [-0.39, 0.29) is 24.4 Å². The lowest BCUT2D eigenvalue weighted by Gasteiger charge is -2.34. The van der Waals surface area contributed by atoms with Crippen LogP contribution in [0.2, 0.25) is 0 Å². The molecule has 0 saturated carbocycles. The molecule has 32 heavy (non-hydrogen) atoms. The summed E-state index contributed by atoms with van der Waals surface area (Å²) < 4.78 is 13.6. The summed E-state index contributed by atoms with van der Waals surface area (Å²) in [6.07, 6.45) is 1.30. The molecule has 8 heteroatoms. The first-order valence-electron chi connectivity index (χ1n) is 10.7. The second-order valence-corrected chi connectivity index (χ2v) is 8.22. The molecular weight excluding hydrogens is 411 g/mol.